The van der Waals surface area contributed by atoms with Crippen LogP contribution >= 0.6 is 11.6 Å². The number of halogens is 1. The van der Waals surface area contributed by atoms with Crippen LogP contribution in [0.3, 0.4) is 0 Å². The molecule has 0 radical (unpaired) electrons. The zero-order valence-electron chi connectivity index (χ0n) is 15.9. The molecule has 1 aliphatic heterocycles. The summed E-state index contributed by atoms with van der Waals surface area (Å²) in [7, 11) is 0. The molecule has 0 aliphatic carbocycles. The SMILES string of the molecule is Cc1cc(Cc2nc3cnc4ccc(Cl)cc4c3n2[C@@H]2CCO[C@H](C)C2)on1. The van der Waals surface area contributed by atoms with Crippen LogP contribution in [0, 0.1) is 6.92 Å². The van der Waals surface area contributed by atoms with Gasteiger partial charge in [0.2, 0.25) is 0 Å². The van der Waals surface area contributed by atoms with Crippen LogP contribution in [0.4, 0.5) is 0 Å². The van der Waals surface area contributed by atoms with Gasteiger partial charge in [0, 0.05) is 29.1 Å². The third kappa shape index (κ3) is 3.06. The van der Waals surface area contributed by atoms with Crippen LogP contribution in [0.25, 0.3) is 21.9 Å². The quantitative estimate of drug-likeness (QED) is 0.494. The monoisotopic (exact) mass is 396 g/mol. The second kappa shape index (κ2) is 6.87. The number of aromatic nitrogens is 4. The standard InChI is InChI=1S/C21H21ClN4O2/c1-12-7-16(28-25-12)10-20-24-19-11-23-18-4-3-14(22)9-17(18)21(19)26(20)15-5-6-27-13(2)8-15/h3-4,7,9,11,13,15H,5-6,8,10H2,1-2H3/t13-,15-/m1/s1. The van der Waals surface area contributed by atoms with Gasteiger partial charge in [-0.05, 0) is 44.9 Å². The summed E-state index contributed by atoms with van der Waals surface area (Å²) in [6, 6.07) is 8.08. The van der Waals surface area contributed by atoms with E-state index in [2.05, 4.69) is 21.6 Å². The van der Waals surface area contributed by atoms with Gasteiger partial charge in [0.05, 0.1) is 35.4 Å². The number of imidazole rings is 1. The van der Waals surface area contributed by atoms with Crippen molar-refractivity contribution in [3.63, 3.8) is 0 Å². The number of benzene rings is 1. The summed E-state index contributed by atoms with van der Waals surface area (Å²) in [5.41, 5.74) is 3.74. The fourth-order valence-corrected chi connectivity index (χ4v) is 4.35. The van der Waals surface area contributed by atoms with Crippen molar-refractivity contribution < 1.29 is 9.26 Å². The van der Waals surface area contributed by atoms with Crippen LogP contribution in [-0.4, -0.2) is 32.4 Å². The van der Waals surface area contributed by atoms with Gasteiger partial charge in [0.15, 0.2) is 0 Å². The molecule has 1 fully saturated rings. The average molecular weight is 397 g/mol. The number of pyridine rings is 1. The van der Waals surface area contributed by atoms with E-state index >= 15 is 0 Å². The van der Waals surface area contributed by atoms with Crippen molar-refractivity contribution in [2.45, 2.75) is 45.3 Å². The van der Waals surface area contributed by atoms with E-state index in [-0.39, 0.29) is 6.10 Å². The maximum absolute atomic E-state index is 6.32. The van der Waals surface area contributed by atoms with E-state index in [4.69, 9.17) is 25.8 Å². The van der Waals surface area contributed by atoms with Gasteiger partial charge >= 0.3 is 0 Å². The number of rotatable bonds is 3. The number of hydrogen-bond donors (Lipinski definition) is 0. The summed E-state index contributed by atoms with van der Waals surface area (Å²) in [5, 5.41) is 5.74. The first kappa shape index (κ1) is 17.6. The average Bonchev–Trinajstić information content (AvgIpc) is 3.25. The number of fused-ring (bicyclic) bond motifs is 3. The highest BCUT2D eigenvalue weighted by Gasteiger charge is 2.26. The van der Waals surface area contributed by atoms with Gasteiger partial charge in [-0.1, -0.05) is 16.8 Å². The van der Waals surface area contributed by atoms with Crippen molar-refractivity contribution in [2.75, 3.05) is 6.61 Å². The Hall–Kier alpha value is -2.44. The third-order valence-electron chi connectivity index (χ3n) is 5.38. The smallest absolute Gasteiger partial charge is 0.144 e. The molecule has 0 N–H and O–H groups in total. The van der Waals surface area contributed by atoms with Crippen molar-refractivity contribution in [1.29, 1.82) is 0 Å². The summed E-state index contributed by atoms with van der Waals surface area (Å²) in [4.78, 5) is 9.51. The van der Waals surface area contributed by atoms with Crippen LogP contribution in [-0.2, 0) is 11.2 Å². The molecule has 0 bridgehead atoms. The minimum atomic E-state index is 0.216. The fourth-order valence-electron chi connectivity index (χ4n) is 4.18. The van der Waals surface area contributed by atoms with Gasteiger partial charge in [0.1, 0.15) is 17.1 Å². The highest BCUT2D eigenvalue weighted by molar-refractivity contribution is 6.31. The number of hydrogen-bond acceptors (Lipinski definition) is 5. The van der Waals surface area contributed by atoms with Gasteiger partial charge in [-0.15, -0.1) is 0 Å². The Labute approximate surface area is 167 Å². The van der Waals surface area contributed by atoms with Crippen LogP contribution in [0.2, 0.25) is 5.02 Å². The lowest BCUT2D eigenvalue weighted by molar-refractivity contribution is 0.00628. The molecule has 1 aromatic carbocycles. The van der Waals surface area contributed by atoms with Crippen LogP contribution in [0.15, 0.2) is 35.0 Å². The van der Waals surface area contributed by atoms with Crippen molar-refractivity contribution in [3.8, 4) is 0 Å². The Morgan fingerprint density at radius 1 is 1.25 bits per heavy atom. The van der Waals surface area contributed by atoms with Crippen molar-refractivity contribution in [1.82, 2.24) is 19.7 Å². The Morgan fingerprint density at radius 3 is 2.93 bits per heavy atom. The van der Waals surface area contributed by atoms with Crippen molar-refractivity contribution >= 4 is 33.5 Å². The third-order valence-corrected chi connectivity index (χ3v) is 5.62. The van der Waals surface area contributed by atoms with E-state index in [0.29, 0.717) is 17.5 Å². The second-order valence-electron chi connectivity index (χ2n) is 7.52. The first-order chi connectivity index (χ1) is 13.6. The highest BCUT2D eigenvalue weighted by atomic mass is 35.5. The molecule has 2 atom stereocenters. The second-order valence-corrected chi connectivity index (χ2v) is 7.96. The molecule has 0 spiro atoms. The van der Waals surface area contributed by atoms with Crippen molar-refractivity contribution in [2.24, 2.45) is 0 Å². The first-order valence-electron chi connectivity index (χ1n) is 9.57. The van der Waals surface area contributed by atoms with Gasteiger partial charge in [0.25, 0.3) is 0 Å². The highest BCUT2D eigenvalue weighted by Crippen LogP contribution is 2.35. The van der Waals surface area contributed by atoms with Gasteiger partial charge in [-0.2, -0.15) is 0 Å². The lowest BCUT2D eigenvalue weighted by atomic mass is 10.0. The largest absolute Gasteiger partial charge is 0.378 e. The van der Waals surface area contributed by atoms with Gasteiger partial charge in [-0.3, -0.25) is 4.98 Å². The summed E-state index contributed by atoms with van der Waals surface area (Å²) in [6.45, 7) is 4.80. The van der Waals surface area contributed by atoms with Crippen LogP contribution in [0.1, 0.15) is 43.1 Å². The normalized spacial score (nSPS) is 20.2. The Kier molecular flexibility index (Phi) is 4.33. The minimum absolute atomic E-state index is 0.216. The van der Waals surface area contributed by atoms with E-state index in [1.807, 2.05) is 37.4 Å². The van der Waals surface area contributed by atoms with E-state index < -0.39 is 0 Å². The molecule has 0 unspecified atom stereocenters. The summed E-state index contributed by atoms with van der Waals surface area (Å²) < 4.78 is 13.6. The molecular formula is C21H21ClN4O2. The molecule has 0 saturated carbocycles. The topological polar surface area (TPSA) is 66.0 Å². The van der Waals surface area contributed by atoms with Crippen LogP contribution in [0.5, 0.6) is 0 Å². The van der Waals surface area contributed by atoms with E-state index in [0.717, 1.165) is 58.7 Å². The molecule has 1 aliphatic rings. The first-order valence-corrected chi connectivity index (χ1v) is 9.95. The molecule has 28 heavy (non-hydrogen) atoms. The minimum Gasteiger partial charge on any atom is -0.378 e. The molecule has 4 heterocycles. The van der Waals surface area contributed by atoms with E-state index in [1.165, 1.54) is 0 Å². The molecule has 144 valence electrons. The maximum atomic E-state index is 6.32. The number of aryl methyl sites for hydroxylation is 1. The summed E-state index contributed by atoms with van der Waals surface area (Å²) >= 11 is 6.32. The molecule has 0 amide bonds. The summed E-state index contributed by atoms with van der Waals surface area (Å²) in [6.07, 6.45) is 4.54. The molecule has 6 nitrogen and oxygen atoms in total. The molecule has 3 aromatic heterocycles. The summed E-state index contributed by atoms with van der Waals surface area (Å²) in [5.74, 6) is 1.77. The Morgan fingerprint density at radius 2 is 2.14 bits per heavy atom. The zero-order chi connectivity index (χ0) is 19.3. The fraction of sp³-hybridized carbons (Fsp3) is 0.381. The predicted octanol–water partition coefficient (Wildman–Crippen LogP) is 4.87. The molecule has 1 saturated heterocycles. The lowest BCUT2D eigenvalue weighted by Crippen LogP contribution is -2.26. The lowest BCUT2D eigenvalue weighted by Gasteiger charge is -2.30. The van der Waals surface area contributed by atoms with Crippen LogP contribution < -0.4 is 0 Å². The zero-order valence-corrected chi connectivity index (χ0v) is 16.6. The number of ether oxygens (including phenoxy) is 1. The Bertz CT molecular complexity index is 1170. The molecule has 7 heteroatoms. The molecule has 5 rings (SSSR count). The van der Waals surface area contributed by atoms with Crippen molar-refractivity contribution in [3.05, 3.63) is 52.8 Å². The van der Waals surface area contributed by atoms with E-state index in [1.54, 1.807) is 0 Å². The van der Waals surface area contributed by atoms with Gasteiger partial charge in [-0.25, -0.2) is 4.98 Å². The van der Waals surface area contributed by atoms with E-state index in [9.17, 15) is 0 Å². The van der Waals surface area contributed by atoms with Gasteiger partial charge < -0.3 is 13.8 Å². The predicted molar refractivity (Wildman–Crippen MR) is 108 cm³/mol. The number of nitrogens with zero attached hydrogens (tertiary/aromatic N) is 4. The molecular weight excluding hydrogens is 376 g/mol. The maximum Gasteiger partial charge on any atom is 0.144 e. The Balaban J connectivity index is 1.74. The molecule has 4 aromatic rings.